The summed E-state index contributed by atoms with van der Waals surface area (Å²) >= 11 is 0. The normalized spacial score (nSPS) is 11.0. The van der Waals surface area contributed by atoms with Gasteiger partial charge in [0.15, 0.2) is 0 Å². The summed E-state index contributed by atoms with van der Waals surface area (Å²) in [5.41, 5.74) is 6.27. The number of anilines is 2. The van der Waals surface area contributed by atoms with E-state index in [9.17, 15) is 13.2 Å². The number of benzene rings is 2. The molecule has 0 bridgehead atoms. The molecular weight excluding hydrogens is 279 g/mol. The molecule has 0 saturated carbocycles. The van der Waals surface area contributed by atoms with Crippen LogP contribution in [0, 0.1) is 11.3 Å². The number of halogens is 3. The fraction of sp³-hybridized carbons (Fsp3) is 0.133. The van der Waals surface area contributed by atoms with Crippen molar-refractivity contribution in [3.63, 3.8) is 0 Å². The van der Waals surface area contributed by atoms with Crippen molar-refractivity contribution in [1.29, 1.82) is 5.26 Å². The van der Waals surface area contributed by atoms with Crippen molar-refractivity contribution in [1.82, 2.24) is 0 Å². The van der Waals surface area contributed by atoms with Crippen LogP contribution >= 0.6 is 0 Å². The molecule has 0 aliphatic carbocycles. The molecule has 3 nitrogen and oxygen atoms in total. The van der Waals surface area contributed by atoms with E-state index in [2.05, 4.69) is 5.32 Å². The van der Waals surface area contributed by atoms with Crippen molar-refractivity contribution in [3.8, 4) is 6.07 Å². The zero-order valence-corrected chi connectivity index (χ0v) is 10.9. The highest BCUT2D eigenvalue weighted by atomic mass is 19.4. The zero-order chi connectivity index (χ0) is 15.5. The van der Waals surface area contributed by atoms with Crippen LogP contribution in [0.3, 0.4) is 0 Å². The van der Waals surface area contributed by atoms with E-state index in [1.54, 1.807) is 18.2 Å². The second-order valence-electron chi connectivity index (χ2n) is 4.47. The Balaban J connectivity index is 2.15. The second kappa shape index (κ2) is 5.75. The van der Waals surface area contributed by atoms with Crippen molar-refractivity contribution in [2.75, 3.05) is 11.1 Å². The summed E-state index contributed by atoms with van der Waals surface area (Å²) in [4.78, 5) is 0. The molecule has 0 heterocycles. The Morgan fingerprint density at radius 3 is 2.33 bits per heavy atom. The Bertz CT molecular complexity index is 670. The Morgan fingerprint density at radius 1 is 1.10 bits per heavy atom. The van der Waals surface area contributed by atoms with Crippen LogP contribution in [0.25, 0.3) is 0 Å². The number of nitrogen functional groups attached to an aromatic ring is 1. The van der Waals surface area contributed by atoms with E-state index in [0.717, 1.165) is 11.6 Å². The maximum Gasteiger partial charge on any atom is 0.417 e. The minimum absolute atomic E-state index is 0.398. The van der Waals surface area contributed by atoms with E-state index in [1.165, 1.54) is 12.1 Å². The van der Waals surface area contributed by atoms with E-state index in [1.807, 2.05) is 12.1 Å². The lowest BCUT2D eigenvalue weighted by atomic mass is 10.1. The van der Waals surface area contributed by atoms with Gasteiger partial charge in [0.1, 0.15) is 0 Å². The Morgan fingerprint density at radius 2 is 1.76 bits per heavy atom. The van der Waals surface area contributed by atoms with E-state index >= 15 is 0 Å². The number of rotatable bonds is 3. The van der Waals surface area contributed by atoms with Gasteiger partial charge in [-0.25, -0.2) is 0 Å². The molecule has 0 aliphatic rings. The molecule has 0 radical (unpaired) electrons. The molecule has 2 rings (SSSR count). The number of nitriles is 1. The topological polar surface area (TPSA) is 61.8 Å². The van der Waals surface area contributed by atoms with Gasteiger partial charge in [0.25, 0.3) is 0 Å². The molecular formula is C15H12F3N3. The summed E-state index contributed by atoms with van der Waals surface area (Å²) < 4.78 is 38.0. The Labute approximate surface area is 119 Å². The average Bonchev–Trinajstić information content (AvgIpc) is 2.45. The molecule has 0 spiro atoms. The van der Waals surface area contributed by atoms with Gasteiger partial charge in [-0.05, 0) is 35.9 Å². The van der Waals surface area contributed by atoms with E-state index in [0.29, 0.717) is 17.9 Å². The van der Waals surface area contributed by atoms with Crippen LogP contribution in [-0.4, -0.2) is 0 Å². The predicted molar refractivity (Wildman–Crippen MR) is 74.3 cm³/mol. The molecule has 108 valence electrons. The van der Waals surface area contributed by atoms with Crippen molar-refractivity contribution in [2.45, 2.75) is 12.7 Å². The lowest BCUT2D eigenvalue weighted by molar-refractivity contribution is -0.137. The maximum atomic E-state index is 12.7. The molecule has 0 saturated heterocycles. The van der Waals surface area contributed by atoms with Crippen LogP contribution in [-0.2, 0) is 12.7 Å². The van der Waals surface area contributed by atoms with Gasteiger partial charge in [-0.1, -0.05) is 12.1 Å². The van der Waals surface area contributed by atoms with Gasteiger partial charge in [-0.3, -0.25) is 0 Å². The fourth-order valence-corrected chi connectivity index (χ4v) is 1.83. The van der Waals surface area contributed by atoms with Gasteiger partial charge < -0.3 is 11.1 Å². The molecule has 0 atom stereocenters. The maximum absolute atomic E-state index is 12.7. The first kappa shape index (κ1) is 14.7. The lowest BCUT2D eigenvalue weighted by Gasteiger charge is -2.11. The number of nitrogens with one attached hydrogen (secondary N) is 1. The van der Waals surface area contributed by atoms with Gasteiger partial charge in [0.2, 0.25) is 0 Å². The fourth-order valence-electron chi connectivity index (χ4n) is 1.83. The SMILES string of the molecule is N#Cc1cc(NCc2ccc(N)cc2)ccc1C(F)(F)F. The minimum Gasteiger partial charge on any atom is -0.399 e. The van der Waals surface area contributed by atoms with Crippen LogP contribution < -0.4 is 11.1 Å². The van der Waals surface area contributed by atoms with Crippen molar-refractivity contribution in [3.05, 3.63) is 59.2 Å². The van der Waals surface area contributed by atoms with E-state index < -0.39 is 17.3 Å². The third kappa shape index (κ3) is 3.66. The summed E-state index contributed by atoms with van der Waals surface area (Å²) in [6, 6.07) is 12.1. The molecule has 2 aromatic carbocycles. The van der Waals surface area contributed by atoms with Crippen molar-refractivity contribution >= 4 is 11.4 Å². The highest BCUT2D eigenvalue weighted by molar-refractivity contribution is 5.54. The average molecular weight is 291 g/mol. The Hall–Kier alpha value is -2.68. The van der Waals surface area contributed by atoms with Crippen LogP contribution in [0.2, 0.25) is 0 Å². The van der Waals surface area contributed by atoms with Crippen LogP contribution in [0.15, 0.2) is 42.5 Å². The first-order chi connectivity index (χ1) is 9.90. The standard InChI is InChI=1S/C15H12F3N3/c16-15(17,18)14-6-5-13(7-11(14)8-19)21-9-10-1-3-12(20)4-2-10/h1-7,21H,9,20H2. The van der Waals surface area contributed by atoms with Crippen molar-refractivity contribution in [2.24, 2.45) is 0 Å². The molecule has 3 N–H and O–H groups in total. The highest BCUT2D eigenvalue weighted by Crippen LogP contribution is 2.33. The number of nitrogens with two attached hydrogens (primary N) is 1. The third-order valence-electron chi connectivity index (χ3n) is 2.92. The lowest BCUT2D eigenvalue weighted by Crippen LogP contribution is -2.08. The highest BCUT2D eigenvalue weighted by Gasteiger charge is 2.33. The summed E-state index contributed by atoms with van der Waals surface area (Å²) in [5.74, 6) is 0. The number of nitrogens with zero attached hydrogens (tertiary/aromatic N) is 1. The van der Waals surface area contributed by atoms with Crippen LogP contribution in [0.4, 0.5) is 24.5 Å². The van der Waals surface area contributed by atoms with Gasteiger partial charge in [-0.2, -0.15) is 18.4 Å². The number of hydrogen-bond donors (Lipinski definition) is 2. The monoisotopic (exact) mass is 291 g/mol. The van der Waals surface area contributed by atoms with Gasteiger partial charge >= 0.3 is 6.18 Å². The van der Waals surface area contributed by atoms with Crippen LogP contribution in [0.1, 0.15) is 16.7 Å². The largest absolute Gasteiger partial charge is 0.417 e. The van der Waals surface area contributed by atoms with E-state index in [-0.39, 0.29) is 0 Å². The molecule has 2 aromatic rings. The summed E-state index contributed by atoms with van der Waals surface area (Å²) in [5, 5.41) is 11.8. The molecule has 0 amide bonds. The minimum atomic E-state index is -4.53. The van der Waals surface area contributed by atoms with Gasteiger partial charge in [-0.15, -0.1) is 0 Å². The Kier molecular flexibility index (Phi) is 4.03. The molecule has 21 heavy (non-hydrogen) atoms. The van der Waals surface area contributed by atoms with Gasteiger partial charge in [0.05, 0.1) is 17.2 Å². The predicted octanol–water partition coefficient (Wildman–Crippen LogP) is 3.77. The van der Waals surface area contributed by atoms with Crippen LogP contribution in [0.5, 0.6) is 0 Å². The number of hydrogen-bond acceptors (Lipinski definition) is 3. The zero-order valence-electron chi connectivity index (χ0n) is 10.9. The second-order valence-corrected chi connectivity index (χ2v) is 4.47. The van der Waals surface area contributed by atoms with Crippen molar-refractivity contribution < 1.29 is 13.2 Å². The quantitative estimate of drug-likeness (QED) is 0.846. The molecule has 0 aliphatic heterocycles. The smallest absolute Gasteiger partial charge is 0.399 e. The number of alkyl halides is 3. The summed E-state index contributed by atoms with van der Waals surface area (Å²) in [6.45, 7) is 0.427. The summed E-state index contributed by atoms with van der Waals surface area (Å²) in [7, 11) is 0. The molecule has 0 aromatic heterocycles. The van der Waals surface area contributed by atoms with E-state index in [4.69, 9.17) is 11.0 Å². The van der Waals surface area contributed by atoms with Gasteiger partial charge in [0, 0.05) is 17.9 Å². The first-order valence-electron chi connectivity index (χ1n) is 6.10. The summed E-state index contributed by atoms with van der Waals surface area (Å²) in [6.07, 6.45) is -4.53. The molecule has 0 unspecified atom stereocenters. The third-order valence-corrected chi connectivity index (χ3v) is 2.92. The molecule has 0 fully saturated rings. The first-order valence-corrected chi connectivity index (χ1v) is 6.10. The molecule has 6 heteroatoms.